The molecule has 0 bridgehead atoms. The number of aliphatic hydroxyl groups is 1. The number of hydrogen-bond donors (Lipinski definition) is 1. The molecule has 0 heterocycles. The zero-order chi connectivity index (χ0) is 13.2. The summed E-state index contributed by atoms with van der Waals surface area (Å²) in [5.41, 5.74) is -0.247. The molecule has 1 aromatic rings. The quantitative estimate of drug-likeness (QED) is 0.840. The first-order chi connectivity index (χ1) is 8.65. The van der Waals surface area contributed by atoms with Gasteiger partial charge >= 0.3 is 0 Å². The maximum absolute atomic E-state index is 10.9. The van der Waals surface area contributed by atoms with Gasteiger partial charge in [-0.05, 0) is 37.0 Å². The van der Waals surface area contributed by atoms with Crippen LogP contribution in [0.15, 0.2) is 18.2 Å². The van der Waals surface area contributed by atoms with Gasteiger partial charge in [-0.15, -0.1) is 0 Å². The van der Waals surface area contributed by atoms with Crippen molar-refractivity contribution in [2.75, 3.05) is 27.9 Å². The number of ether oxygens (including phenoxy) is 3. The van der Waals surface area contributed by atoms with Crippen molar-refractivity contribution in [2.24, 2.45) is 5.92 Å². The van der Waals surface area contributed by atoms with E-state index in [4.69, 9.17) is 14.2 Å². The van der Waals surface area contributed by atoms with E-state index in [-0.39, 0.29) is 12.5 Å². The van der Waals surface area contributed by atoms with Crippen LogP contribution in [0, 0.1) is 5.92 Å². The molecule has 1 aromatic carbocycles. The smallest absolute Gasteiger partial charge is 0.125 e. The monoisotopic (exact) mass is 252 g/mol. The van der Waals surface area contributed by atoms with Gasteiger partial charge in [0.1, 0.15) is 17.1 Å². The van der Waals surface area contributed by atoms with Crippen molar-refractivity contribution in [3.63, 3.8) is 0 Å². The third kappa shape index (κ3) is 2.31. The molecule has 1 N–H and O–H groups in total. The Balaban J connectivity index is 2.44. The molecular weight excluding hydrogens is 232 g/mol. The highest BCUT2D eigenvalue weighted by molar-refractivity contribution is 5.44. The number of rotatable bonds is 6. The lowest BCUT2D eigenvalue weighted by atomic mass is 9.88. The molecule has 0 aromatic heterocycles. The Morgan fingerprint density at radius 2 is 1.94 bits per heavy atom. The van der Waals surface area contributed by atoms with Gasteiger partial charge in [0.15, 0.2) is 0 Å². The molecule has 1 fully saturated rings. The lowest BCUT2D eigenvalue weighted by Crippen LogP contribution is -2.34. The largest absolute Gasteiger partial charge is 0.497 e. The highest BCUT2D eigenvalue weighted by Crippen LogP contribution is 2.49. The lowest BCUT2D eigenvalue weighted by Gasteiger charge is -2.29. The Hall–Kier alpha value is -1.26. The summed E-state index contributed by atoms with van der Waals surface area (Å²) in [6, 6.07) is 5.47. The number of methoxy groups -OCH3 is 3. The number of hydrogen-bond acceptors (Lipinski definition) is 4. The van der Waals surface area contributed by atoms with Crippen molar-refractivity contribution in [1.82, 2.24) is 0 Å². The fraction of sp³-hybridized carbons (Fsp3) is 0.571. The molecule has 4 heteroatoms. The molecule has 4 nitrogen and oxygen atoms in total. The summed E-state index contributed by atoms with van der Waals surface area (Å²) >= 11 is 0. The molecule has 1 aliphatic rings. The van der Waals surface area contributed by atoms with E-state index in [1.54, 1.807) is 21.3 Å². The van der Waals surface area contributed by atoms with Gasteiger partial charge in [-0.3, -0.25) is 0 Å². The van der Waals surface area contributed by atoms with Crippen LogP contribution in [0.1, 0.15) is 18.4 Å². The zero-order valence-electron chi connectivity index (χ0n) is 11.1. The minimum Gasteiger partial charge on any atom is -0.497 e. The van der Waals surface area contributed by atoms with Crippen LogP contribution in [0.4, 0.5) is 0 Å². The highest BCUT2D eigenvalue weighted by atomic mass is 16.5. The van der Waals surface area contributed by atoms with Crippen LogP contribution >= 0.6 is 0 Å². The molecule has 0 spiro atoms. The first-order valence-electron chi connectivity index (χ1n) is 6.09. The molecule has 0 radical (unpaired) electrons. The molecule has 1 aliphatic carbocycles. The molecule has 100 valence electrons. The van der Waals surface area contributed by atoms with E-state index in [0.717, 1.165) is 18.4 Å². The Bertz CT molecular complexity index is 414. The van der Waals surface area contributed by atoms with Gasteiger partial charge in [-0.1, -0.05) is 0 Å². The van der Waals surface area contributed by atoms with Crippen molar-refractivity contribution < 1.29 is 19.3 Å². The van der Waals surface area contributed by atoms with E-state index in [1.165, 1.54) is 0 Å². The molecule has 1 atom stereocenters. The molecule has 0 aliphatic heterocycles. The average Bonchev–Trinajstić information content (AvgIpc) is 3.22. The number of benzene rings is 1. The van der Waals surface area contributed by atoms with Gasteiger partial charge in [-0.2, -0.15) is 0 Å². The fourth-order valence-electron chi connectivity index (χ4n) is 2.35. The molecule has 2 rings (SSSR count). The van der Waals surface area contributed by atoms with Gasteiger partial charge in [0.2, 0.25) is 0 Å². The van der Waals surface area contributed by atoms with E-state index in [2.05, 4.69) is 0 Å². The normalized spacial score (nSPS) is 18.2. The molecule has 0 saturated heterocycles. The molecule has 0 amide bonds. The third-order valence-corrected chi connectivity index (χ3v) is 3.49. The fourth-order valence-corrected chi connectivity index (χ4v) is 2.35. The van der Waals surface area contributed by atoms with E-state index < -0.39 is 5.60 Å². The topological polar surface area (TPSA) is 47.9 Å². The Morgan fingerprint density at radius 3 is 2.44 bits per heavy atom. The van der Waals surface area contributed by atoms with Crippen LogP contribution in [0.25, 0.3) is 0 Å². The zero-order valence-corrected chi connectivity index (χ0v) is 11.1. The molecule has 1 unspecified atom stereocenters. The summed E-state index contributed by atoms with van der Waals surface area (Å²) in [7, 11) is 4.81. The maximum atomic E-state index is 10.9. The highest BCUT2D eigenvalue weighted by Gasteiger charge is 2.47. The maximum Gasteiger partial charge on any atom is 0.125 e. The van der Waals surface area contributed by atoms with Crippen molar-refractivity contribution in [2.45, 2.75) is 18.4 Å². The average molecular weight is 252 g/mol. The summed E-state index contributed by atoms with van der Waals surface area (Å²) in [5.74, 6) is 1.61. The summed E-state index contributed by atoms with van der Waals surface area (Å²) in [6.07, 6.45) is 2.03. The van der Waals surface area contributed by atoms with Crippen LogP contribution in [-0.2, 0) is 10.3 Å². The molecular formula is C14H20O4. The first kappa shape index (κ1) is 13.2. The van der Waals surface area contributed by atoms with Crippen LogP contribution < -0.4 is 9.47 Å². The minimum atomic E-state index is -0.991. The minimum absolute atomic E-state index is 0.235. The first-order valence-corrected chi connectivity index (χ1v) is 6.09. The van der Waals surface area contributed by atoms with E-state index in [0.29, 0.717) is 11.5 Å². The second-order valence-corrected chi connectivity index (χ2v) is 4.70. The predicted octanol–water partition coefficient (Wildman–Crippen LogP) is 1.95. The van der Waals surface area contributed by atoms with Crippen molar-refractivity contribution in [1.29, 1.82) is 0 Å². The predicted molar refractivity (Wildman–Crippen MR) is 68.0 cm³/mol. The standard InChI is InChI=1S/C14H20O4/c1-16-9-14(15,10-4-5-10)12-8-11(17-2)6-7-13(12)18-3/h6-8,10,15H,4-5,9H2,1-3H3. The molecule has 18 heavy (non-hydrogen) atoms. The third-order valence-electron chi connectivity index (χ3n) is 3.49. The second-order valence-electron chi connectivity index (χ2n) is 4.70. The van der Waals surface area contributed by atoms with Gasteiger partial charge in [0, 0.05) is 12.7 Å². The summed E-state index contributed by atoms with van der Waals surface area (Å²) in [4.78, 5) is 0. The molecule has 1 saturated carbocycles. The van der Waals surface area contributed by atoms with Crippen molar-refractivity contribution >= 4 is 0 Å². The Kier molecular flexibility index (Phi) is 3.78. The lowest BCUT2D eigenvalue weighted by molar-refractivity contribution is -0.0547. The van der Waals surface area contributed by atoms with Gasteiger partial charge in [0.25, 0.3) is 0 Å². The van der Waals surface area contributed by atoms with Crippen LogP contribution in [0.5, 0.6) is 11.5 Å². The van der Waals surface area contributed by atoms with E-state index in [1.807, 2.05) is 18.2 Å². The van der Waals surface area contributed by atoms with E-state index >= 15 is 0 Å². The van der Waals surface area contributed by atoms with Crippen LogP contribution in [0.3, 0.4) is 0 Å². The Morgan fingerprint density at radius 1 is 1.22 bits per heavy atom. The summed E-state index contributed by atoms with van der Waals surface area (Å²) in [6.45, 7) is 0.265. The summed E-state index contributed by atoms with van der Waals surface area (Å²) in [5, 5.41) is 10.9. The summed E-state index contributed by atoms with van der Waals surface area (Å²) < 4.78 is 15.8. The Labute approximate surface area is 107 Å². The van der Waals surface area contributed by atoms with Crippen molar-refractivity contribution in [3.8, 4) is 11.5 Å². The van der Waals surface area contributed by atoms with Gasteiger partial charge in [-0.25, -0.2) is 0 Å². The van der Waals surface area contributed by atoms with Gasteiger partial charge in [0.05, 0.1) is 20.8 Å². The van der Waals surface area contributed by atoms with Gasteiger partial charge < -0.3 is 19.3 Å². The van der Waals surface area contributed by atoms with Crippen molar-refractivity contribution in [3.05, 3.63) is 23.8 Å². The van der Waals surface area contributed by atoms with Crippen LogP contribution in [-0.4, -0.2) is 33.0 Å². The van der Waals surface area contributed by atoms with Crippen LogP contribution in [0.2, 0.25) is 0 Å². The SMILES string of the molecule is COCC(O)(c1cc(OC)ccc1OC)C1CC1. The second kappa shape index (κ2) is 5.16. The van der Waals surface area contributed by atoms with E-state index in [9.17, 15) is 5.11 Å².